The van der Waals surface area contributed by atoms with Gasteiger partial charge in [-0.05, 0) is 49.2 Å². The summed E-state index contributed by atoms with van der Waals surface area (Å²) in [6, 6.07) is 12.1. The van der Waals surface area contributed by atoms with Crippen molar-refractivity contribution in [2.24, 2.45) is 0 Å². The molecule has 24 heavy (non-hydrogen) atoms. The Bertz CT molecular complexity index is 715. The number of nitrogens with one attached hydrogen (secondary N) is 1. The van der Waals surface area contributed by atoms with E-state index in [2.05, 4.69) is 5.32 Å². The maximum absolute atomic E-state index is 10.9. The van der Waals surface area contributed by atoms with E-state index in [1.165, 1.54) is 6.92 Å². The van der Waals surface area contributed by atoms with Gasteiger partial charge >= 0.3 is 0 Å². The average Bonchev–Trinajstić information content (AvgIpc) is 2.50. The summed E-state index contributed by atoms with van der Waals surface area (Å²) in [5.41, 5.74) is -0.304. The molecule has 1 unspecified atom stereocenters. The van der Waals surface area contributed by atoms with Gasteiger partial charge in [0.1, 0.15) is 11.5 Å². The molecule has 6 heteroatoms. The maximum Gasteiger partial charge on any atom is 0.216 e. The Morgan fingerprint density at radius 2 is 1.88 bits per heavy atom. The molecule has 0 bridgehead atoms. The molecule has 2 aromatic rings. The highest BCUT2D eigenvalue weighted by Crippen LogP contribution is 2.32. The van der Waals surface area contributed by atoms with Gasteiger partial charge in [-0.3, -0.25) is 4.79 Å². The molecule has 0 aliphatic heterocycles. The Hall–Kier alpha value is -1.75. The summed E-state index contributed by atoms with van der Waals surface area (Å²) in [7, 11) is 0. The van der Waals surface area contributed by atoms with Gasteiger partial charge < -0.3 is 15.2 Å². The van der Waals surface area contributed by atoms with Gasteiger partial charge in [0.25, 0.3) is 0 Å². The van der Waals surface area contributed by atoms with Gasteiger partial charge in [-0.15, -0.1) is 0 Å². The number of benzene rings is 2. The van der Waals surface area contributed by atoms with Crippen molar-refractivity contribution in [2.45, 2.75) is 25.9 Å². The third-order valence-corrected chi connectivity index (χ3v) is 4.11. The van der Waals surface area contributed by atoms with Crippen LogP contribution < -0.4 is 10.1 Å². The summed E-state index contributed by atoms with van der Waals surface area (Å²) < 4.78 is 5.72. The van der Waals surface area contributed by atoms with E-state index in [0.717, 1.165) is 5.56 Å². The van der Waals surface area contributed by atoms with Gasteiger partial charge in [-0.25, -0.2) is 0 Å². The second-order valence-electron chi connectivity index (χ2n) is 5.71. The molecule has 1 amide bonds. The molecule has 4 nitrogen and oxygen atoms in total. The van der Waals surface area contributed by atoms with E-state index < -0.39 is 5.60 Å². The minimum atomic E-state index is -1.04. The van der Waals surface area contributed by atoms with Crippen LogP contribution in [0.3, 0.4) is 0 Å². The molecule has 0 saturated heterocycles. The van der Waals surface area contributed by atoms with Crippen molar-refractivity contribution in [3.8, 4) is 11.5 Å². The molecule has 1 atom stereocenters. The fraction of sp³-hybridized carbons (Fsp3) is 0.278. The van der Waals surface area contributed by atoms with Crippen molar-refractivity contribution in [1.82, 2.24) is 5.32 Å². The maximum atomic E-state index is 10.9. The van der Waals surface area contributed by atoms with E-state index in [9.17, 15) is 9.90 Å². The average molecular weight is 368 g/mol. The lowest BCUT2D eigenvalue weighted by Crippen LogP contribution is -2.29. The Kier molecular flexibility index (Phi) is 6.10. The minimum absolute atomic E-state index is 0.116. The standard InChI is InChI=1S/C18H19Cl2NO3/c1-12(22)21-10-9-18(2,23)13-3-6-15(7-4-13)24-17-8-5-14(19)11-16(17)20/h3-8,11,23H,9-10H2,1-2H3,(H,21,22). The Balaban J connectivity index is 2.05. The fourth-order valence-corrected chi connectivity index (χ4v) is 2.64. The van der Waals surface area contributed by atoms with Crippen molar-refractivity contribution >= 4 is 29.1 Å². The highest BCUT2D eigenvalue weighted by atomic mass is 35.5. The number of hydrogen-bond acceptors (Lipinski definition) is 3. The number of carbonyl (C=O) groups is 1. The molecule has 2 rings (SSSR count). The predicted molar refractivity (Wildman–Crippen MR) is 95.8 cm³/mol. The molecule has 0 spiro atoms. The Labute approximate surface area is 151 Å². The van der Waals surface area contributed by atoms with Crippen molar-refractivity contribution in [2.75, 3.05) is 6.54 Å². The molecule has 0 saturated carbocycles. The summed E-state index contributed by atoms with van der Waals surface area (Å²) in [6.45, 7) is 3.56. The van der Waals surface area contributed by atoms with Gasteiger partial charge in [0.05, 0.1) is 10.6 Å². The first kappa shape index (κ1) is 18.6. The van der Waals surface area contributed by atoms with Crippen LogP contribution in [0.2, 0.25) is 10.0 Å². The van der Waals surface area contributed by atoms with E-state index in [4.69, 9.17) is 27.9 Å². The lowest BCUT2D eigenvalue weighted by atomic mass is 9.92. The van der Waals surface area contributed by atoms with E-state index in [0.29, 0.717) is 34.5 Å². The Morgan fingerprint density at radius 3 is 2.46 bits per heavy atom. The topological polar surface area (TPSA) is 58.6 Å². The molecule has 0 aromatic heterocycles. The third kappa shape index (κ3) is 5.13. The second kappa shape index (κ2) is 7.88. The molecule has 128 valence electrons. The van der Waals surface area contributed by atoms with Crippen molar-refractivity contribution < 1.29 is 14.6 Å². The fourth-order valence-electron chi connectivity index (χ4n) is 2.19. The molecule has 2 aromatic carbocycles. The summed E-state index contributed by atoms with van der Waals surface area (Å²) >= 11 is 11.9. The zero-order chi connectivity index (χ0) is 17.7. The molecule has 0 aliphatic rings. The van der Waals surface area contributed by atoms with Crippen LogP contribution in [0.4, 0.5) is 0 Å². The summed E-state index contributed by atoms with van der Waals surface area (Å²) in [5, 5.41) is 14.2. The quantitative estimate of drug-likeness (QED) is 0.788. The van der Waals surface area contributed by atoms with Gasteiger partial charge in [0.15, 0.2) is 0 Å². The molecule has 0 heterocycles. The first-order chi connectivity index (χ1) is 11.3. The summed E-state index contributed by atoms with van der Waals surface area (Å²) in [4.78, 5) is 10.9. The van der Waals surface area contributed by atoms with Gasteiger partial charge in [-0.1, -0.05) is 35.3 Å². The third-order valence-electron chi connectivity index (χ3n) is 3.58. The molecule has 2 N–H and O–H groups in total. The van der Waals surface area contributed by atoms with E-state index in [1.807, 2.05) is 0 Å². The first-order valence-electron chi connectivity index (χ1n) is 7.48. The van der Waals surface area contributed by atoms with Crippen molar-refractivity contribution in [1.29, 1.82) is 0 Å². The minimum Gasteiger partial charge on any atom is -0.456 e. The smallest absolute Gasteiger partial charge is 0.216 e. The highest BCUT2D eigenvalue weighted by molar-refractivity contribution is 6.35. The number of hydrogen-bond donors (Lipinski definition) is 2. The summed E-state index contributed by atoms with van der Waals surface area (Å²) in [6.07, 6.45) is 0.412. The van der Waals surface area contributed by atoms with Crippen LogP contribution in [0.15, 0.2) is 42.5 Å². The monoisotopic (exact) mass is 367 g/mol. The van der Waals surface area contributed by atoms with Gasteiger partial charge in [-0.2, -0.15) is 0 Å². The van der Waals surface area contributed by atoms with Crippen LogP contribution in [0.25, 0.3) is 0 Å². The van der Waals surface area contributed by atoms with Crippen LogP contribution in [-0.2, 0) is 10.4 Å². The number of aliphatic hydroxyl groups is 1. The molecule has 0 radical (unpaired) electrons. The number of halogens is 2. The normalized spacial score (nSPS) is 13.2. The van der Waals surface area contributed by atoms with Crippen LogP contribution in [0, 0.1) is 0 Å². The molecule has 0 aliphatic carbocycles. The van der Waals surface area contributed by atoms with Gasteiger partial charge in [0, 0.05) is 18.5 Å². The number of carbonyl (C=O) groups excluding carboxylic acids is 1. The Morgan fingerprint density at radius 1 is 1.21 bits per heavy atom. The largest absolute Gasteiger partial charge is 0.456 e. The summed E-state index contributed by atoms with van der Waals surface area (Å²) in [5.74, 6) is 0.987. The zero-order valence-corrected chi connectivity index (χ0v) is 15.0. The van der Waals surface area contributed by atoms with E-state index in [-0.39, 0.29) is 5.91 Å². The number of rotatable bonds is 6. The van der Waals surface area contributed by atoms with E-state index >= 15 is 0 Å². The van der Waals surface area contributed by atoms with Gasteiger partial charge in [0.2, 0.25) is 5.91 Å². The molecular formula is C18H19Cl2NO3. The number of ether oxygens (including phenoxy) is 1. The molecular weight excluding hydrogens is 349 g/mol. The first-order valence-corrected chi connectivity index (χ1v) is 8.24. The van der Waals surface area contributed by atoms with Crippen LogP contribution in [-0.4, -0.2) is 17.6 Å². The second-order valence-corrected chi connectivity index (χ2v) is 6.55. The SMILES string of the molecule is CC(=O)NCCC(C)(O)c1ccc(Oc2ccc(Cl)cc2Cl)cc1. The lowest BCUT2D eigenvalue weighted by molar-refractivity contribution is -0.119. The lowest BCUT2D eigenvalue weighted by Gasteiger charge is -2.24. The van der Waals surface area contributed by atoms with Crippen molar-refractivity contribution in [3.05, 3.63) is 58.1 Å². The van der Waals surface area contributed by atoms with Crippen LogP contribution >= 0.6 is 23.2 Å². The van der Waals surface area contributed by atoms with Crippen LogP contribution in [0.1, 0.15) is 25.8 Å². The zero-order valence-electron chi connectivity index (χ0n) is 13.5. The van der Waals surface area contributed by atoms with Crippen molar-refractivity contribution in [3.63, 3.8) is 0 Å². The highest BCUT2D eigenvalue weighted by Gasteiger charge is 2.22. The number of amides is 1. The van der Waals surface area contributed by atoms with Crippen LogP contribution in [0.5, 0.6) is 11.5 Å². The van der Waals surface area contributed by atoms with E-state index in [1.54, 1.807) is 49.4 Å². The predicted octanol–water partition coefficient (Wildman–Crippen LogP) is 4.52. The molecule has 0 fully saturated rings.